The van der Waals surface area contributed by atoms with Crippen molar-refractivity contribution < 1.29 is 4.79 Å². The monoisotopic (exact) mass is 170 g/mol. The highest BCUT2D eigenvalue weighted by molar-refractivity contribution is 5.78. The van der Waals surface area contributed by atoms with Gasteiger partial charge in [-0.25, -0.2) is 0 Å². The molecule has 0 aromatic carbocycles. The van der Waals surface area contributed by atoms with Crippen LogP contribution in [0.25, 0.3) is 0 Å². The fourth-order valence-electron chi connectivity index (χ4n) is 1.41. The highest BCUT2D eigenvalue weighted by Crippen LogP contribution is 2.02. The molecule has 1 fully saturated rings. The normalized spacial score (nSPS) is 20.2. The van der Waals surface area contributed by atoms with Crippen LogP contribution in [0.1, 0.15) is 19.8 Å². The Labute approximate surface area is 74.3 Å². The molecule has 0 atom stereocenters. The third kappa shape index (κ3) is 2.48. The van der Waals surface area contributed by atoms with Crippen molar-refractivity contribution in [2.24, 2.45) is 0 Å². The predicted octanol–water partition coefficient (Wildman–Crippen LogP) is 0.560. The molecule has 3 nitrogen and oxygen atoms in total. The number of hydrogen-bond acceptors (Lipinski definition) is 2. The molecule has 0 aromatic rings. The van der Waals surface area contributed by atoms with Crippen LogP contribution in [-0.4, -0.2) is 48.9 Å². The highest BCUT2D eigenvalue weighted by Gasteiger charge is 2.20. The molecule has 0 saturated carbocycles. The molecule has 0 aliphatic carbocycles. The minimum absolute atomic E-state index is 0.289. The summed E-state index contributed by atoms with van der Waals surface area (Å²) >= 11 is 0. The molecule has 1 amide bonds. The van der Waals surface area contributed by atoms with Crippen molar-refractivity contribution >= 4 is 5.91 Å². The number of carbonyl (C=O) groups excluding carboxylic acids is 1. The highest BCUT2D eigenvalue weighted by atomic mass is 16.2. The molecule has 1 heterocycles. The first-order chi connectivity index (χ1) is 5.74. The van der Waals surface area contributed by atoms with Crippen LogP contribution in [0.4, 0.5) is 0 Å². The molecular weight excluding hydrogens is 152 g/mol. The topological polar surface area (TPSA) is 23.6 Å². The second kappa shape index (κ2) is 4.45. The van der Waals surface area contributed by atoms with Gasteiger partial charge in [-0.1, -0.05) is 13.3 Å². The van der Waals surface area contributed by atoms with Crippen molar-refractivity contribution in [3.63, 3.8) is 0 Å². The smallest absolute Gasteiger partial charge is 0.236 e. The van der Waals surface area contributed by atoms with E-state index in [-0.39, 0.29) is 5.91 Å². The Hall–Kier alpha value is -0.570. The van der Waals surface area contributed by atoms with E-state index in [1.54, 1.807) is 0 Å². The van der Waals surface area contributed by atoms with Gasteiger partial charge in [-0.15, -0.1) is 0 Å². The van der Waals surface area contributed by atoms with Crippen LogP contribution in [-0.2, 0) is 4.79 Å². The second-order valence-electron chi connectivity index (χ2n) is 3.47. The Balaban J connectivity index is 2.30. The molecule has 0 aromatic heterocycles. The number of unbranched alkanes of at least 4 members (excludes halogenated alkanes) is 1. The third-order valence-electron chi connectivity index (χ3n) is 2.29. The number of likely N-dealkylation sites (N-methyl/N-ethyl adjacent to an activating group) is 1. The molecule has 1 aliphatic heterocycles. The Morgan fingerprint density at radius 2 is 2.17 bits per heavy atom. The molecule has 0 radical (unpaired) electrons. The Kier molecular flexibility index (Phi) is 3.53. The van der Waals surface area contributed by atoms with Gasteiger partial charge in [0, 0.05) is 19.6 Å². The quantitative estimate of drug-likeness (QED) is 0.618. The largest absolute Gasteiger partial charge is 0.340 e. The van der Waals surface area contributed by atoms with Gasteiger partial charge in [0.25, 0.3) is 0 Å². The van der Waals surface area contributed by atoms with Gasteiger partial charge in [0.1, 0.15) is 0 Å². The van der Waals surface area contributed by atoms with Crippen LogP contribution in [0.5, 0.6) is 0 Å². The summed E-state index contributed by atoms with van der Waals surface area (Å²) < 4.78 is 0. The molecule has 3 heteroatoms. The van der Waals surface area contributed by atoms with Gasteiger partial charge >= 0.3 is 0 Å². The zero-order chi connectivity index (χ0) is 8.97. The third-order valence-corrected chi connectivity index (χ3v) is 2.29. The number of piperazine rings is 1. The molecule has 1 aliphatic rings. The SMILES string of the molecule is CCCCN1CCN(C)CC1=O. The molecule has 0 bridgehead atoms. The zero-order valence-electron chi connectivity index (χ0n) is 8.05. The Morgan fingerprint density at radius 1 is 1.42 bits per heavy atom. The van der Waals surface area contributed by atoms with Crippen LogP contribution in [0.15, 0.2) is 0 Å². The molecule has 1 rings (SSSR count). The summed E-state index contributed by atoms with van der Waals surface area (Å²) in [5.41, 5.74) is 0. The second-order valence-corrected chi connectivity index (χ2v) is 3.47. The van der Waals surface area contributed by atoms with Crippen LogP contribution < -0.4 is 0 Å². The van der Waals surface area contributed by atoms with E-state index in [2.05, 4.69) is 11.8 Å². The summed E-state index contributed by atoms with van der Waals surface area (Å²) in [6, 6.07) is 0. The van der Waals surface area contributed by atoms with Crippen molar-refractivity contribution in [2.45, 2.75) is 19.8 Å². The number of carbonyl (C=O) groups is 1. The van der Waals surface area contributed by atoms with E-state index in [0.717, 1.165) is 26.1 Å². The summed E-state index contributed by atoms with van der Waals surface area (Å²) in [6.45, 7) is 5.64. The lowest BCUT2D eigenvalue weighted by atomic mass is 10.2. The zero-order valence-corrected chi connectivity index (χ0v) is 8.05. The maximum absolute atomic E-state index is 11.4. The van der Waals surface area contributed by atoms with Crippen LogP contribution in [0, 0.1) is 0 Å². The molecular formula is C9H18N2O. The Morgan fingerprint density at radius 3 is 2.75 bits per heavy atom. The van der Waals surface area contributed by atoms with E-state index in [1.807, 2.05) is 11.9 Å². The summed E-state index contributed by atoms with van der Waals surface area (Å²) in [7, 11) is 2.00. The lowest BCUT2D eigenvalue weighted by molar-refractivity contribution is -0.135. The average Bonchev–Trinajstić information content (AvgIpc) is 2.03. The lowest BCUT2D eigenvalue weighted by Crippen LogP contribution is -2.48. The van der Waals surface area contributed by atoms with E-state index >= 15 is 0 Å². The van der Waals surface area contributed by atoms with Gasteiger partial charge in [-0.2, -0.15) is 0 Å². The number of rotatable bonds is 3. The standard InChI is InChI=1S/C9H18N2O/c1-3-4-5-11-7-6-10(2)8-9(11)12/h3-8H2,1-2H3. The van der Waals surface area contributed by atoms with Crippen molar-refractivity contribution in [3.8, 4) is 0 Å². The predicted molar refractivity (Wildman–Crippen MR) is 49.0 cm³/mol. The molecule has 0 spiro atoms. The fraction of sp³-hybridized carbons (Fsp3) is 0.889. The first kappa shape index (κ1) is 9.52. The first-order valence-electron chi connectivity index (χ1n) is 4.70. The molecule has 12 heavy (non-hydrogen) atoms. The van der Waals surface area contributed by atoms with Gasteiger partial charge in [0.05, 0.1) is 6.54 Å². The van der Waals surface area contributed by atoms with E-state index < -0.39 is 0 Å². The van der Waals surface area contributed by atoms with Gasteiger partial charge in [-0.3, -0.25) is 9.69 Å². The van der Waals surface area contributed by atoms with E-state index in [9.17, 15) is 4.79 Å². The average molecular weight is 170 g/mol. The number of nitrogens with zero attached hydrogens (tertiary/aromatic N) is 2. The molecule has 1 saturated heterocycles. The van der Waals surface area contributed by atoms with Gasteiger partial charge in [-0.05, 0) is 13.5 Å². The molecule has 0 unspecified atom stereocenters. The van der Waals surface area contributed by atoms with Crippen LogP contribution in [0.2, 0.25) is 0 Å². The summed E-state index contributed by atoms with van der Waals surface area (Å²) in [6.07, 6.45) is 2.30. The van der Waals surface area contributed by atoms with Crippen molar-refractivity contribution in [1.29, 1.82) is 0 Å². The van der Waals surface area contributed by atoms with E-state index in [1.165, 1.54) is 6.42 Å². The first-order valence-corrected chi connectivity index (χ1v) is 4.70. The summed E-state index contributed by atoms with van der Waals surface area (Å²) in [5, 5.41) is 0. The lowest BCUT2D eigenvalue weighted by Gasteiger charge is -2.31. The van der Waals surface area contributed by atoms with Crippen molar-refractivity contribution in [3.05, 3.63) is 0 Å². The number of amides is 1. The summed E-state index contributed by atoms with van der Waals surface area (Å²) in [4.78, 5) is 15.4. The van der Waals surface area contributed by atoms with Crippen LogP contribution in [0.3, 0.4) is 0 Å². The van der Waals surface area contributed by atoms with Gasteiger partial charge in [0.2, 0.25) is 5.91 Å². The Bertz CT molecular complexity index is 157. The maximum Gasteiger partial charge on any atom is 0.236 e. The van der Waals surface area contributed by atoms with E-state index in [4.69, 9.17) is 0 Å². The van der Waals surface area contributed by atoms with E-state index in [0.29, 0.717) is 6.54 Å². The van der Waals surface area contributed by atoms with Crippen molar-refractivity contribution in [1.82, 2.24) is 9.80 Å². The minimum Gasteiger partial charge on any atom is -0.340 e. The van der Waals surface area contributed by atoms with Crippen LogP contribution >= 0.6 is 0 Å². The molecule has 0 N–H and O–H groups in total. The minimum atomic E-state index is 0.289. The fourth-order valence-corrected chi connectivity index (χ4v) is 1.41. The number of hydrogen-bond donors (Lipinski definition) is 0. The van der Waals surface area contributed by atoms with Gasteiger partial charge in [0.15, 0.2) is 0 Å². The van der Waals surface area contributed by atoms with Crippen molar-refractivity contribution in [2.75, 3.05) is 33.2 Å². The molecule has 70 valence electrons. The maximum atomic E-state index is 11.4. The summed E-state index contributed by atoms with van der Waals surface area (Å²) in [5.74, 6) is 0.289. The van der Waals surface area contributed by atoms with Gasteiger partial charge < -0.3 is 4.90 Å².